The summed E-state index contributed by atoms with van der Waals surface area (Å²) in [4.78, 5) is 11.8. The number of allylic oxidation sites excluding steroid dienone is 1. The van der Waals surface area contributed by atoms with E-state index in [9.17, 15) is 4.79 Å². The van der Waals surface area contributed by atoms with Crippen molar-refractivity contribution in [3.63, 3.8) is 0 Å². The fraction of sp³-hybridized carbons (Fsp3) is 0.640. The number of carbonyl (C=O) groups is 1. The van der Waals surface area contributed by atoms with Crippen molar-refractivity contribution in [3.8, 4) is 5.75 Å². The first-order valence-corrected chi connectivity index (χ1v) is 11.3. The van der Waals surface area contributed by atoms with Gasteiger partial charge in [-0.2, -0.15) is 0 Å². The molecule has 2 saturated carbocycles. The number of benzene rings is 1. The Morgan fingerprint density at radius 1 is 0.929 bits per heavy atom. The zero-order chi connectivity index (χ0) is 19.8. The van der Waals surface area contributed by atoms with Gasteiger partial charge in [-0.15, -0.1) is 0 Å². The fourth-order valence-electron chi connectivity index (χ4n) is 5.02. The highest BCUT2D eigenvalue weighted by Gasteiger charge is 2.32. The van der Waals surface area contributed by atoms with Crippen LogP contribution >= 0.6 is 0 Å². The molecule has 0 aliphatic heterocycles. The van der Waals surface area contributed by atoms with Gasteiger partial charge in [-0.05, 0) is 100 Å². The number of hydrogen-bond donors (Lipinski definition) is 0. The molecule has 3 heteroatoms. The van der Waals surface area contributed by atoms with E-state index in [-0.39, 0.29) is 12.1 Å². The first-order chi connectivity index (χ1) is 13.7. The van der Waals surface area contributed by atoms with Crippen LogP contribution < -0.4 is 4.74 Å². The van der Waals surface area contributed by atoms with E-state index in [2.05, 4.69) is 24.3 Å². The molecule has 0 N–H and O–H groups in total. The summed E-state index contributed by atoms with van der Waals surface area (Å²) in [6.07, 6.45) is 14.2. The largest absolute Gasteiger partial charge is 0.494 e. The normalized spacial score (nSPS) is 28.2. The third-order valence-corrected chi connectivity index (χ3v) is 6.59. The van der Waals surface area contributed by atoms with Crippen LogP contribution in [-0.2, 0) is 9.53 Å². The molecular formula is C25H36O3. The Balaban J connectivity index is 1.41. The highest BCUT2D eigenvalue weighted by molar-refractivity contribution is 5.82. The molecule has 0 bridgehead atoms. The monoisotopic (exact) mass is 384 g/mol. The molecule has 0 saturated heterocycles. The molecule has 3 rings (SSSR count). The molecular weight excluding hydrogens is 348 g/mol. The Labute approximate surface area is 170 Å². The van der Waals surface area contributed by atoms with Crippen LogP contribution in [-0.4, -0.2) is 18.7 Å². The fourth-order valence-corrected chi connectivity index (χ4v) is 5.02. The van der Waals surface area contributed by atoms with Gasteiger partial charge >= 0.3 is 5.97 Å². The van der Waals surface area contributed by atoms with Crippen LogP contribution in [0.3, 0.4) is 0 Å². The predicted octanol–water partition coefficient (Wildman–Crippen LogP) is 6.43. The average molecular weight is 385 g/mol. The molecule has 1 aromatic rings. The van der Waals surface area contributed by atoms with Gasteiger partial charge < -0.3 is 9.47 Å². The first-order valence-electron chi connectivity index (χ1n) is 11.3. The Morgan fingerprint density at radius 3 is 2.11 bits per heavy atom. The second kappa shape index (κ2) is 10.7. The highest BCUT2D eigenvalue weighted by Crippen LogP contribution is 2.43. The second-order valence-electron chi connectivity index (χ2n) is 8.40. The van der Waals surface area contributed by atoms with Crippen LogP contribution in [0.25, 0.3) is 0 Å². The number of hydrogen-bond acceptors (Lipinski definition) is 3. The Hall–Kier alpha value is -1.77. The second-order valence-corrected chi connectivity index (χ2v) is 8.40. The molecule has 0 amide bonds. The molecule has 154 valence electrons. The van der Waals surface area contributed by atoms with Gasteiger partial charge in [0.05, 0.1) is 6.61 Å². The van der Waals surface area contributed by atoms with Crippen LogP contribution in [0, 0.1) is 11.8 Å². The maximum Gasteiger partial charge on any atom is 0.330 e. The zero-order valence-electron chi connectivity index (χ0n) is 17.6. The lowest BCUT2D eigenvalue weighted by Crippen LogP contribution is -2.29. The lowest BCUT2D eigenvalue weighted by atomic mass is 9.69. The van der Waals surface area contributed by atoms with E-state index < -0.39 is 0 Å². The Bertz CT molecular complexity index is 618. The van der Waals surface area contributed by atoms with Crippen LogP contribution in [0.2, 0.25) is 0 Å². The smallest absolute Gasteiger partial charge is 0.330 e. The third kappa shape index (κ3) is 5.86. The SMILES string of the molecule is CCC=CC(=O)OC1CCC(C2CCC(c3ccc(OCC)cc3)CC2)CC1. The van der Waals surface area contributed by atoms with Crippen molar-refractivity contribution in [2.75, 3.05) is 6.61 Å². The van der Waals surface area contributed by atoms with Crippen LogP contribution in [0.1, 0.15) is 83.1 Å². The van der Waals surface area contributed by atoms with Gasteiger partial charge in [-0.25, -0.2) is 4.79 Å². The minimum absolute atomic E-state index is 0.130. The van der Waals surface area contributed by atoms with E-state index in [0.717, 1.165) is 43.5 Å². The zero-order valence-corrected chi connectivity index (χ0v) is 17.6. The standard InChI is InChI=1S/C25H36O3/c1-3-5-6-25(26)28-24-17-13-22(14-18-24)20-9-7-19(8-10-20)21-11-15-23(16-12-21)27-4-2/h5-6,11-12,15-16,19-20,22,24H,3-4,7-10,13-14,17-18H2,1-2H3. The summed E-state index contributed by atoms with van der Waals surface area (Å²) < 4.78 is 11.2. The van der Waals surface area contributed by atoms with E-state index in [4.69, 9.17) is 9.47 Å². The van der Waals surface area contributed by atoms with E-state index in [0.29, 0.717) is 5.92 Å². The minimum Gasteiger partial charge on any atom is -0.494 e. The van der Waals surface area contributed by atoms with Gasteiger partial charge in [-0.1, -0.05) is 25.1 Å². The lowest BCUT2D eigenvalue weighted by molar-refractivity contribution is -0.145. The first kappa shape index (κ1) is 21.0. The van der Waals surface area contributed by atoms with Gasteiger partial charge in [0.2, 0.25) is 0 Å². The summed E-state index contributed by atoms with van der Waals surface area (Å²) in [5.74, 6) is 3.19. The molecule has 2 aliphatic carbocycles. The number of ether oxygens (including phenoxy) is 2. The van der Waals surface area contributed by atoms with Crippen molar-refractivity contribution in [1.82, 2.24) is 0 Å². The molecule has 28 heavy (non-hydrogen) atoms. The third-order valence-electron chi connectivity index (χ3n) is 6.59. The van der Waals surface area contributed by atoms with Crippen LogP contribution in [0.15, 0.2) is 36.4 Å². The van der Waals surface area contributed by atoms with Gasteiger partial charge in [0.25, 0.3) is 0 Å². The van der Waals surface area contributed by atoms with Gasteiger partial charge in [0.1, 0.15) is 11.9 Å². The molecule has 3 nitrogen and oxygen atoms in total. The summed E-state index contributed by atoms with van der Waals surface area (Å²) in [6.45, 7) is 4.77. The van der Waals surface area contributed by atoms with E-state index in [1.165, 1.54) is 44.1 Å². The van der Waals surface area contributed by atoms with Gasteiger partial charge in [0.15, 0.2) is 0 Å². The molecule has 0 radical (unpaired) electrons. The molecule has 0 aromatic heterocycles. The molecule has 0 spiro atoms. The van der Waals surface area contributed by atoms with Crippen LogP contribution in [0.4, 0.5) is 0 Å². The molecule has 0 heterocycles. The number of esters is 1. The molecule has 2 aliphatic rings. The molecule has 1 aromatic carbocycles. The summed E-state index contributed by atoms with van der Waals surface area (Å²) >= 11 is 0. The van der Waals surface area contributed by atoms with E-state index in [1.807, 2.05) is 19.9 Å². The number of rotatable bonds is 7. The highest BCUT2D eigenvalue weighted by atomic mass is 16.5. The Kier molecular flexibility index (Phi) is 8.00. The van der Waals surface area contributed by atoms with E-state index >= 15 is 0 Å². The van der Waals surface area contributed by atoms with Crippen molar-refractivity contribution >= 4 is 5.97 Å². The van der Waals surface area contributed by atoms with Gasteiger partial charge in [-0.3, -0.25) is 0 Å². The quantitative estimate of drug-likeness (QED) is 0.401. The summed E-state index contributed by atoms with van der Waals surface area (Å²) in [7, 11) is 0. The maximum absolute atomic E-state index is 11.8. The van der Waals surface area contributed by atoms with Crippen molar-refractivity contribution < 1.29 is 14.3 Å². The van der Waals surface area contributed by atoms with Gasteiger partial charge in [0, 0.05) is 6.08 Å². The minimum atomic E-state index is -0.166. The summed E-state index contributed by atoms with van der Waals surface area (Å²) in [6, 6.07) is 8.73. The van der Waals surface area contributed by atoms with Crippen molar-refractivity contribution in [3.05, 3.63) is 42.0 Å². The lowest BCUT2D eigenvalue weighted by Gasteiger charge is -2.37. The summed E-state index contributed by atoms with van der Waals surface area (Å²) in [5.41, 5.74) is 1.47. The molecule has 2 fully saturated rings. The van der Waals surface area contributed by atoms with Crippen LogP contribution in [0.5, 0.6) is 5.75 Å². The maximum atomic E-state index is 11.8. The average Bonchev–Trinajstić information content (AvgIpc) is 2.74. The molecule has 0 unspecified atom stereocenters. The summed E-state index contributed by atoms with van der Waals surface area (Å²) in [5, 5.41) is 0. The van der Waals surface area contributed by atoms with Crippen molar-refractivity contribution in [2.24, 2.45) is 11.8 Å². The Morgan fingerprint density at radius 2 is 1.54 bits per heavy atom. The topological polar surface area (TPSA) is 35.5 Å². The van der Waals surface area contributed by atoms with Crippen molar-refractivity contribution in [2.45, 2.75) is 83.7 Å². The molecule has 0 atom stereocenters. The predicted molar refractivity (Wildman–Crippen MR) is 114 cm³/mol. The number of carbonyl (C=O) groups excluding carboxylic acids is 1. The van der Waals surface area contributed by atoms with E-state index in [1.54, 1.807) is 6.08 Å². The van der Waals surface area contributed by atoms with Crippen molar-refractivity contribution in [1.29, 1.82) is 0 Å².